The molecular weight excluding hydrogens is 295 g/mol. The van der Waals surface area contributed by atoms with E-state index in [0.29, 0.717) is 18.7 Å². The van der Waals surface area contributed by atoms with E-state index in [1.807, 2.05) is 13.0 Å². The number of nitriles is 1. The highest BCUT2D eigenvalue weighted by molar-refractivity contribution is 5.34. The van der Waals surface area contributed by atoms with Crippen LogP contribution in [0.1, 0.15) is 37.3 Å². The Kier molecular flexibility index (Phi) is 4.96. The molecule has 0 amide bonds. The number of hydrogen-bond acceptors (Lipinski definition) is 4. The van der Waals surface area contributed by atoms with Gasteiger partial charge in [0.1, 0.15) is 11.9 Å². The van der Waals surface area contributed by atoms with Gasteiger partial charge in [0.25, 0.3) is 0 Å². The van der Waals surface area contributed by atoms with Gasteiger partial charge in [-0.05, 0) is 43.9 Å². The number of rotatable bonds is 5. The van der Waals surface area contributed by atoms with Gasteiger partial charge in [-0.15, -0.1) is 0 Å². The fourth-order valence-electron chi connectivity index (χ4n) is 3.90. The summed E-state index contributed by atoms with van der Waals surface area (Å²) in [6.45, 7) is 4.99. The molecule has 1 saturated heterocycles. The Morgan fingerprint density at radius 2 is 2.22 bits per heavy atom. The van der Waals surface area contributed by atoms with Crippen molar-refractivity contribution < 1.29 is 13.9 Å². The lowest BCUT2D eigenvalue weighted by Crippen LogP contribution is -2.65. The third kappa shape index (κ3) is 3.12. The molecule has 1 aliphatic carbocycles. The molecule has 1 saturated carbocycles. The monoisotopic (exact) mass is 318 g/mol. The van der Waals surface area contributed by atoms with Crippen LogP contribution < -0.4 is 5.32 Å². The number of hydrogen-bond donors (Lipinski definition) is 1. The Bertz CT molecular complexity index is 593. The number of benzene rings is 1. The summed E-state index contributed by atoms with van der Waals surface area (Å²) in [6, 6.07) is 7.00. The molecule has 4 nitrogen and oxygen atoms in total. The first-order chi connectivity index (χ1) is 11.2. The maximum Gasteiger partial charge on any atom is 0.140 e. The van der Waals surface area contributed by atoms with Crippen LogP contribution >= 0.6 is 0 Å². The van der Waals surface area contributed by atoms with Crippen molar-refractivity contribution in [3.63, 3.8) is 0 Å². The van der Waals surface area contributed by atoms with Gasteiger partial charge in [0.15, 0.2) is 0 Å². The van der Waals surface area contributed by atoms with Crippen LogP contribution in [0.5, 0.6) is 0 Å². The molecule has 5 heteroatoms. The van der Waals surface area contributed by atoms with Crippen LogP contribution in [0.2, 0.25) is 0 Å². The van der Waals surface area contributed by atoms with Crippen molar-refractivity contribution >= 4 is 0 Å². The molecular formula is C18H23FN2O2. The summed E-state index contributed by atoms with van der Waals surface area (Å²) >= 11 is 0. The average molecular weight is 318 g/mol. The van der Waals surface area contributed by atoms with Gasteiger partial charge in [0.05, 0.1) is 11.7 Å². The summed E-state index contributed by atoms with van der Waals surface area (Å²) < 4.78 is 24.8. The van der Waals surface area contributed by atoms with Crippen LogP contribution in [0.15, 0.2) is 18.2 Å². The van der Waals surface area contributed by atoms with Crippen LogP contribution in [0.3, 0.4) is 0 Å². The lowest BCUT2D eigenvalue weighted by Gasteiger charge is -2.57. The molecule has 0 radical (unpaired) electrons. The highest BCUT2D eigenvalue weighted by atomic mass is 19.1. The van der Waals surface area contributed by atoms with Gasteiger partial charge in [-0.2, -0.15) is 5.26 Å². The molecule has 1 N–H and O–H groups in total. The molecule has 2 fully saturated rings. The van der Waals surface area contributed by atoms with Crippen molar-refractivity contribution in [2.75, 3.05) is 19.8 Å². The van der Waals surface area contributed by atoms with Gasteiger partial charge >= 0.3 is 0 Å². The van der Waals surface area contributed by atoms with Gasteiger partial charge in [0, 0.05) is 37.8 Å². The minimum Gasteiger partial charge on any atom is -0.381 e. The Hall–Kier alpha value is -1.48. The van der Waals surface area contributed by atoms with Gasteiger partial charge in [0.2, 0.25) is 0 Å². The molecule has 0 aromatic heterocycles. The largest absolute Gasteiger partial charge is 0.381 e. The van der Waals surface area contributed by atoms with E-state index in [4.69, 9.17) is 14.7 Å². The highest BCUT2D eigenvalue weighted by Gasteiger charge is 2.55. The average Bonchev–Trinajstić information content (AvgIpc) is 2.59. The fourth-order valence-corrected chi connectivity index (χ4v) is 3.90. The van der Waals surface area contributed by atoms with Crippen molar-refractivity contribution in [2.24, 2.45) is 5.41 Å². The molecule has 2 atom stereocenters. The van der Waals surface area contributed by atoms with Crippen molar-refractivity contribution in [3.05, 3.63) is 35.1 Å². The molecule has 2 aliphatic rings. The van der Waals surface area contributed by atoms with E-state index in [0.717, 1.165) is 44.6 Å². The van der Waals surface area contributed by atoms with Crippen LogP contribution in [-0.4, -0.2) is 32.0 Å². The van der Waals surface area contributed by atoms with Gasteiger partial charge in [-0.25, -0.2) is 4.39 Å². The highest BCUT2D eigenvalue weighted by Crippen LogP contribution is 2.50. The standard InChI is InChI=1S/C18H23FN2O2/c1-2-23-17-10-16(18(17)5-7-22-8-6-18)21-12-13-3-4-15(19)14(9-13)11-20/h3-4,9,16-17,21H,2,5-8,10,12H2,1H3. The molecule has 1 aromatic carbocycles. The fraction of sp³-hybridized carbons (Fsp3) is 0.611. The number of ether oxygens (including phenoxy) is 2. The van der Waals surface area contributed by atoms with Gasteiger partial charge in [-0.1, -0.05) is 6.07 Å². The first-order valence-electron chi connectivity index (χ1n) is 8.31. The summed E-state index contributed by atoms with van der Waals surface area (Å²) in [5.74, 6) is -0.461. The summed E-state index contributed by atoms with van der Waals surface area (Å²) in [4.78, 5) is 0. The Morgan fingerprint density at radius 1 is 1.43 bits per heavy atom. The topological polar surface area (TPSA) is 54.3 Å². The predicted molar refractivity (Wildman–Crippen MR) is 84.3 cm³/mol. The quantitative estimate of drug-likeness (QED) is 0.907. The van der Waals surface area contributed by atoms with Gasteiger partial charge in [-0.3, -0.25) is 0 Å². The molecule has 1 heterocycles. The summed E-state index contributed by atoms with van der Waals surface area (Å²) in [7, 11) is 0. The SMILES string of the molecule is CCOC1CC(NCc2ccc(F)c(C#N)c2)C12CCOCC2. The molecule has 124 valence electrons. The van der Waals surface area contributed by atoms with Crippen molar-refractivity contribution in [3.8, 4) is 6.07 Å². The van der Waals surface area contributed by atoms with E-state index in [1.165, 1.54) is 6.07 Å². The smallest absolute Gasteiger partial charge is 0.140 e. The third-order valence-corrected chi connectivity index (χ3v) is 5.28. The zero-order valence-corrected chi connectivity index (χ0v) is 13.5. The number of halogens is 1. The van der Waals surface area contributed by atoms with Crippen LogP contribution in [0, 0.1) is 22.6 Å². The molecule has 23 heavy (non-hydrogen) atoms. The van der Waals surface area contributed by atoms with Crippen LogP contribution in [0.25, 0.3) is 0 Å². The molecule has 3 rings (SSSR count). The summed E-state index contributed by atoms with van der Waals surface area (Å²) in [5.41, 5.74) is 1.20. The Balaban J connectivity index is 1.65. The van der Waals surface area contributed by atoms with Crippen molar-refractivity contribution in [2.45, 2.75) is 44.9 Å². The Labute approximate surface area is 136 Å². The van der Waals surface area contributed by atoms with Crippen LogP contribution in [-0.2, 0) is 16.0 Å². The van der Waals surface area contributed by atoms with E-state index in [1.54, 1.807) is 12.1 Å². The minimum absolute atomic E-state index is 0.103. The molecule has 1 aromatic rings. The second kappa shape index (κ2) is 6.96. The second-order valence-corrected chi connectivity index (χ2v) is 6.38. The maximum atomic E-state index is 13.4. The predicted octanol–water partition coefficient (Wildman–Crippen LogP) is 2.76. The van der Waals surface area contributed by atoms with Crippen LogP contribution in [0.4, 0.5) is 4.39 Å². The van der Waals surface area contributed by atoms with E-state index >= 15 is 0 Å². The minimum atomic E-state index is -0.461. The first-order valence-corrected chi connectivity index (χ1v) is 8.31. The molecule has 1 aliphatic heterocycles. The molecule has 0 bridgehead atoms. The van der Waals surface area contributed by atoms with E-state index in [-0.39, 0.29) is 11.0 Å². The van der Waals surface area contributed by atoms with E-state index in [9.17, 15) is 4.39 Å². The molecule has 2 unspecified atom stereocenters. The zero-order valence-electron chi connectivity index (χ0n) is 13.5. The normalized spacial score (nSPS) is 25.8. The summed E-state index contributed by atoms with van der Waals surface area (Å²) in [5, 5.41) is 12.5. The number of nitrogens with one attached hydrogen (secondary N) is 1. The van der Waals surface area contributed by atoms with Crippen molar-refractivity contribution in [1.82, 2.24) is 5.32 Å². The Morgan fingerprint density at radius 3 is 2.91 bits per heavy atom. The summed E-state index contributed by atoms with van der Waals surface area (Å²) in [6.07, 6.45) is 3.33. The van der Waals surface area contributed by atoms with E-state index in [2.05, 4.69) is 5.32 Å². The maximum absolute atomic E-state index is 13.4. The lowest BCUT2D eigenvalue weighted by atomic mass is 9.57. The zero-order chi connectivity index (χ0) is 16.3. The number of nitrogens with zero attached hydrogens (tertiary/aromatic N) is 1. The van der Waals surface area contributed by atoms with Crippen molar-refractivity contribution in [1.29, 1.82) is 5.26 Å². The van der Waals surface area contributed by atoms with E-state index < -0.39 is 5.82 Å². The first kappa shape index (κ1) is 16.4. The lowest BCUT2D eigenvalue weighted by molar-refractivity contribution is -0.173. The molecule has 1 spiro atoms. The van der Waals surface area contributed by atoms with Gasteiger partial charge < -0.3 is 14.8 Å². The second-order valence-electron chi connectivity index (χ2n) is 6.38. The third-order valence-electron chi connectivity index (χ3n) is 5.28.